The Hall–Kier alpha value is -2.46. The number of nitrogens with two attached hydrogens (primary N) is 1. The number of esters is 1. The summed E-state index contributed by atoms with van der Waals surface area (Å²) < 4.78 is 11.9. The summed E-state index contributed by atoms with van der Waals surface area (Å²) >= 11 is 0. The fourth-order valence-electron chi connectivity index (χ4n) is 2.62. The number of carbonyl (C=O) groups excluding carboxylic acids is 1. The normalized spacial score (nSPS) is 24.7. The first-order chi connectivity index (χ1) is 10.5. The lowest BCUT2D eigenvalue weighted by Gasteiger charge is -2.14. The Kier molecular flexibility index (Phi) is 3.54. The van der Waals surface area contributed by atoms with E-state index in [0.717, 1.165) is 0 Å². The molecular weight excluding hydrogens is 294 g/mol. The Morgan fingerprint density at radius 1 is 1.68 bits per heavy atom. The van der Waals surface area contributed by atoms with E-state index in [1.807, 2.05) is 0 Å². The van der Waals surface area contributed by atoms with Gasteiger partial charge in [0.2, 0.25) is 5.95 Å². The lowest BCUT2D eigenvalue weighted by atomic mass is 10.0. The van der Waals surface area contributed by atoms with Crippen LogP contribution in [-0.4, -0.2) is 50.4 Å². The zero-order valence-electron chi connectivity index (χ0n) is 11.7. The van der Waals surface area contributed by atoms with Crippen molar-refractivity contribution in [1.29, 1.82) is 0 Å². The largest absolute Gasteiger partial charge is 0.469 e. The van der Waals surface area contributed by atoms with Gasteiger partial charge in [0, 0.05) is 6.42 Å². The number of H-pyrrole nitrogens is 1. The molecule has 0 saturated carbocycles. The number of carbonyl (C=O) groups is 1. The van der Waals surface area contributed by atoms with Crippen LogP contribution in [0.15, 0.2) is 11.1 Å². The lowest BCUT2D eigenvalue weighted by Crippen LogP contribution is -2.28. The van der Waals surface area contributed by atoms with Crippen molar-refractivity contribution >= 4 is 23.1 Å². The van der Waals surface area contributed by atoms with E-state index in [4.69, 9.17) is 15.2 Å². The van der Waals surface area contributed by atoms with Crippen molar-refractivity contribution in [3.8, 4) is 0 Å². The molecule has 1 fully saturated rings. The van der Waals surface area contributed by atoms with E-state index in [-0.39, 0.29) is 30.1 Å². The first-order valence-electron chi connectivity index (χ1n) is 6.61. The molecule has 10 heteroatoms. The maximum atomic E-state index is 11.8. The van der Waals surface area contributed by atoms with Gasteiger partial charge in [0.05, 0.1) is 32.1 Å². The van der Waals surface area contributed by atoms with E-state index < -0.39 is 29.8 Å². The number of hydrogen-bond acceptors (Lipinski definition) is 8. The SMILES string of the molecule is COC(=O)[C@H]1C[C@H](n2cnc3c(=O)[nH]c(N)nc32)O[C@@H]1CO. The highest BCUT2D eigenvalue weighted by Gasteiger charge is 2.41. The van der Waals surface area contributed by atoms with E-state index in [9.17, 15) is 14.7 Å². The van der Waals surface area contributed by atoms with Crippen molar-refractivity contribution in [3.05, 3.63) is 16.7 Å². The number of imidazole rings is 1. The highest BCUT2D eigenvalue weighted by atomic mass is 16.5. The number of nitrogen functional groups attached to an aromatic ring is 1. The number of methoxy groups -OCH3 is 1. The quantitative estimate of drug-likeness (QED) is 0.597. The minimum absolute atomic E-state index is 0.0412. The molecule has 4 N–H and O–H groups in total. The number of nitrogens with one attached hydrogen (secondary N) is 1. The molecule has 118 valence electrons. The van der Waals surface area contributed by atoms with Crippen molar-refractivity contribution in [1.82, 2.24) is 19.5 Å². The molecule has 0 aliphatic carbocycles. The maximum absolute atomic E-state index is 11.8. The molecule has 0 radical (unpaired) electrons. The van der Waals surface area contributed by atoms with E-state index >= 15 is 0 Å². The molecule has 0 amide bonds. The summed E-state index contributed by atoms with van der Waals surface area (Å²) in [6, 6.07) is 0. The Balaban J connectivity index is 1.99. The summed E-state index contributed by atoms with van der Waals surface area (Å²) in [5.41, 5.74) is 5.47. The van der Waals surface area contributed by atoms with Crippen LogP contribution in [0.25, 0.3) is 11.2 Å². The number of anilines is 1. The Bertz CT molecular complexity index is 769. The van der Waals surface area contributed by atoms with Crippen LogP contribution >= 0.6 is 0 Å². The zero-order valence-corrected chi connectivity index (χ0v) is 11.7. The topological polar surface area (TPSA) is 145 Å². The fourth-order valence-corrected chi connectivity index (χ4v) is 2.62. The van der Waals surface area contributed by atoms with Gasteiger partial charge >= 0.3 is 5.97 Å². The minimum atomic E-state index is -0.686. The van der Waals surface area contributed by atoms with Gasteiger partial charge in [-0.2, -0.15) is 4.98 Å². The summed E-state index contributed by atoms with van der Waals surface area (Å²) in [5, 5.41) is 9.35. The van der Waals surface area contributed by atoms with Crippen molar-refractivity contribution in [2.24, 2.45) is 5.92 Å². The van der Waals surface area contributed by atoms with Crippen LogP contribution in [0.3, 0.4) is 0 Å². The maximum Gasteiger partial charge on any atom is 0.311 e. The van der Waals surface area contributed by atoms with Crippen LogP contribution in [0, 0.1) is 5.92 Å². The number of fused-ring (bicyclic) bond motifs is 1. The molecule has 0 unspecified atom stereocenters. The second-order valence-electron chi connectivity index (χ2n) is 4.95. The van der Waals surface area contributed by atoms with Gasteiger partial charge in [-0.3, -0.25) is 19.1 Å². The highest BCUT2D eigenvalue weighted by molar-refractivity contribution is 5.74. The number of hydrogen-bond donors (Lipinski definition) is 3. The van der Waals surface area contributed by atoms with Crippen molar-refractivity contribution in [2.45, 2.75) is 18.8 Å². The smallest absolute Gasteiger partial charge is 0.311 e. The number of aliphatic hydroxyl groups excluding tert-OH is 1. The summed E-state index contributed by atoms with van der Waals surface area (Å²) in [7, 11) is 1.28. The Morgan fingerprint density at radius 2 is 2.45 bits per heavy atom. The van der Waals surface area contributed by atoms with Gasteiger partial charge in [0.15, 0.2) is 11.2 Å². The van der Waals surface area contributed by atoms with E-state index in [1.165, 1.54) is 18.0 Å². The van der Waals surface area contributed by atoms with Gasteiger partial charge in [-0.25, -0.2) is 4.98 Å². The molecule has 0 aromatic carbocycles. The van der Waals surface area contributed by atoms with Gasteiger partial charge < -0.3 is 20.3 Å². The lowest BCUT2D eigenvalue weighted by molar-refractivity contribution is -0.148. The van der Waals surface area contributed by atoms with Crippen LogP contribution in [0.5, 0.6) is 0 Å². The Labute approximate surface area is 123 Å². The summed E-state index contributed by atoms with van der Waals surface area (Å²) in [6.07, 6.45) is 0.386. The predicted molar refractivity (Wildman–Crippen MR) is 73.7 cm³/mol. The molecule has 0 bridgehead atoms. The molecular formula is C12H15N5O5. The second-order valence-corrected chi connectivity index (χ2v) is 4.95. The van der Waals surface area contributed by atoms with Gasteiger partial charge in [-0.05, 0) is 0 Å². The number of ether oxygens (including phenoxy) is 2. The van der Waals surface area contributed by atoms with Crippen LogP contribution in [0.1, 0.15) is 12.6 Å². The van der Waals surface area contributed by atoms with E-state index in [1.54, 1.807) is 0 Å². The van der Waals surface area contributed by atoms with Gasteiger partial charge in [0.1, 0.15) is 6.23 Å². The third-order valence-electron chi connectivity index (χ3n) is 3.68. The molecule has 22 heavy (non-hydrogen) atoms. The van der Waals surface area contributed by atoms with E-state index in [2.05, 4.69) is 15.0 Å². The van der Waals surface area contributed by atoms with Crippen LogP contribution in [0.2, 0.25) is 0 Å². The van der Waals surface area contributed by atoms with Crippen LogP contribution < -0.4 is 11.3 Å². The molecule has 1 saturated heterocycles. The molecule has 1 aliphatic rings. The highest BCUT2D eigenvalue weighted by Crippen LogP contribution is 2.35. The number of nitrogens with zero attached hydrogens (tertiary/aromatic N) is 3. The minimum Gasteiger partial charge on any atom is -0.469 e. The van der Waals surface area contributed by atoms with Gasteiger partial charge in [0.25, 0.3) is 5.56 Å². The summed E-state index contributed by atoms with van der Waals surface area (Å²) in [5.74, 6) is -1.10. The van der Waals surface area contributed by atoms with Crippen LogP contribution in [0.4, 0.5) is 5.95 Å². The first kappa shape index (κ1) is 14.5. The standard InChI is InChI=1S/C12H15N5O5/c1-21-11(20)5-2-7(22-6(5)3-18)17-4-14-8-9(17)15-12(13)16-10(8)19/h4-7,18H,2-3H2,1H3,(H3,13,15,16,19)/t5-,6+,7+/m0/s1. The average molecular weight is 309 g/mol. The third kappa shape index (κ3) is 2.22. The molecule has 3 rings (SSSR count). The summed E-state index contributed by atoms with van der Waals surface area (Å²) in [4.78, 5) is 33.9. The first-order valence-corrected chi connectivity index (χ1v) is 6.61. The monoisotopic (exact) mass is 309 g/mol. The molecule has 10 nitrogen and oxygen atoms in total. The zero-order chi connectivity index (χ0) is 15.9. The van der Waals surface area contributed by atoms with Gasteiger partial charge in [-0.1, -0.05) is 0 Å². The average Bonchev–Trinajstić information content (AvgIpc) is 3.09. The van der Waals surface area contributed by atoms with Crippen molar-refractivity contribution in [3.63, 3.8) is 0 Å². The second kappa shape index (κ2) is 5.39. The van der Waals surface area contributed by atoms with Gasteiger partial charge in [-0.15, -0.1) is 0 Å². The van der Waals surface area contributed by atoms with Crippen LogP contribution in [-0.2, 0) is 14.3 Å². The number of aromatic amines is 1. The number of aromatic nitrogens is 4. The molecule has 3 atom stereocenters. The summed E-state index contributed by atoms with van der Waals surface area (Å²) in [6.45, 7) is -0.320. The molecule has 2 aromatic heterocycles. The molecule has 3 heterocycles. The molecule has 0 spiro atoms. The van der Waals surface area contributed by atoms with Crippen molar-refractivity contribution < 1.29 is 19.4 Å². The predicted octanol–water partition coefficient (Wildman–Crippen LogP) is -1.23. The third-order valence-corrected chi connectivity index (χ3v) is 3.68. The molecule has 1 aliphatic heterocycles. The number of aliphatic hydroxyl groups is 1. The molecule has 2 aromatic rings. The van der Waals surface area contributed by atoms with Crippen molar-refractivity contribution in [2.75, 3.05) is 19.5 Å². The number of rotatable bonds is 3. The Morgan fingerprint density at radius 3 is 3.14 bits per heavy atom. The fraction of sp³-hybridized carbons (Fsp3) is 0.500. The van der Waals surface area contributed by atoms with E-state index in [0.29, 0.717) is 0 Å².